The van der Waals surface area contributed by atoms with Gasteiger partial charge in [0.05, 0.1) is 22.6 Å². The number of furan rings is 1. The van der Waals surface area contributed by atoms with Crippen molar-refractivity contribution in [3.05, 3.63) is 74.9 Å². The fourth-order valence-corrected chi connectivity index (χ4v) is 3.90. The van der Waals surface area contributed by atoms with Gasteiger partial charge in [0.15, 0.2) is 11.5 Å². The topological polar surface area (TPSA) is 123 Å². The molecule has 0 spiro atoms. The van der Waals surface area contributed by atoms with E-state index in [1.807, 2.05) is 0 Å². The van der Waals surface area contributed by atoms with Gasteiger partial charge in [0.2, 0.25) is 5.78 Å². The zero-order valence-electron chi connectivity index (χ0n) is 16.2. The summed E-state index contributed by atoms with van der Waals surface area (Å²) in [7, 11) is 0. The maximum Gasteiger partial charge on any atom is 0.290 e. The lowest BCUT2D eigenvalue weighted by Gasteiger charge is -2.28. The van der Waals surface area contributed by atoms with Gasteiger partial charge in [0.25, 0.3) is 11.6 Å². The number of carbonyl (C=O) groups is 2. The van der Waals surface area contributed by atoms with Crippen LogP contribution in [-0.2, 0) is 9.53 Å². The molecule has 2 aliphatic heterocycles. The number of carbonyl (C=O) groups excluding carboxylic acids is 2. The third kappa shape index (κ3) is 3.48. The molecule has 2 atom stereocenters. The van der Waals surface area contributed by atoms with Crippen molar-refractivity contribution < 1.29 is 28.8 Å². The van der Waals surface area contributed by atoms with Gasteiger partial charge >= 0.3 is 0 Å². The number of nitrogens with zero attached hydrogens (tertiary/aromatic N) is 2. The van der Waals surface area contributed by atoms with E-state index in [0.717, 1.165) is 12.8 Å². The SMILES string of the molecule is Cc1ccc(C(=O)C2=C(O)C(=O)N(CC3CCCO3)C2c2ccc([N+](=O)[O-])cc2)o1. The number of nitro benzene ring substituents is 1. The van der Waals surface area contributed by atoms with Gasteiger partial charge in [-0.2, -0.15) is 0 Å². The van der Waals surface area contributed by atoms with Crippen molar-refractivity contribution in [3.63, 3.8) is 0 Å². The fourth-order valence-electron chi connectivity index (χ4n) is 3.90. The second-order valence-electron chi connectivity index (χ2n) is 7.35. The van der Waals surface area contributed by atoms with E-state index in [4.69, 9.17) is 9.15 Å². The number of non-ortho nitro benzene ring substituents is 1. The first-order valence-electron chi connectivity index (χ1n) is 9.58. The Morgan fingerprint density at radius 3 is 2.57 bits per heavy atom. The zero-order chi connectivity index (χ0) is 21.4. The number of rotatable bonds is 6. The van der Waals surface area contributed by atoms with Crippen LogP contribution in [0, 0.1) is 17.0 Å². The van der Waals surface area contributed by atoms with Crippen LogP contribution in [0.2, 0.25) is 0 Å². The van der Waals surface area contributed by atoms with Crippen molar-refractivity contribution in [2.45, 2.75) is 31.9 Å². The Labute approximate surface area is 171 Å². The molecule has 1 fully saturated rings. The highest BCUT2D eigenvalue weighted by molar-refractivity contribution is 6.15. The molecule has 0 bridgehead atoms. The molecule has 2 aliphatic rings. The molecule has 1 saturated heterocycles. The molecule has 1 N–H and O–H groups in total. The minimum Gasteiger partial charge on any atom is -0.503 e. The predicted molar refractivity (Wildman–Crippen MR) is 104 cm³/mol. The molecule has 1 amide bonds. The first-order valence-corrected chi connectivity index (χ1v) is 9.58. The number of Topliss-reactive ketones (excluding diaryl/α,β-unsaturated/α-hetero) is 1. The van der Waals surface area contributed by atoms with Crippen LogP contribution < -0.4 is 0 Å². The lowest BCUT2D eigenvalue weighted by atomic mass is 9.94. The Kier molecular flexibility index (Phi) is 5.13. The molecule has 1 aromatic heterocycles. The summed E-state index contributed by atoms with van der Waals surface area (Å²) in [4.78, 5) is 37.9. The van der Waals surface area contributed by atoms with E-state index in [9.17, 15) is 24.8 Å². The minimum atomic E-state index is -0.902. The Morgan fingerprint density at radius 1 is 1.27 bits per heavy atom. The first-order chi connectivity index (χ1) is 14.4. The minimum absolute atomic E-state index is 0.00716. The van der Waals surface area contributed by atoms with Crippen LogP contribution in [0.25, 0.3) is 0 Å². The third-order valence-electron chi connectivity index (χ3n) is 5.36. The summed E-state index contributed by atoms with van der Waals surface area (Å²) in [6.07, 6.45) is 1.42. The van der Waals surface area contributed by atoms with Crippen LogP contribution in [0.5, 0.6) is 0 Å². The van der Waals surface area contributed by atoms with E-state index in [1.54, 1.807) is 13.0 Å². The van der Waals surface area contributed by atoms with Crippen LogP contribution in [0.1, 0.15) is 40.8 Å². The number of ether oxygens (including phenoxy) is 1. The smallest absolute Gasteiger partial charge is 0.290 e. The van der Waals surface area contributed by atoms with Crippen LogP contribution in [0.4, 0.5) is 5.69 Å². The average molecular weight is 412 g/mol. The molecule has 1 aromatic carbocycles. The number of hydrogen-bond acceptors (Lipinski definition) is 7. The van der Waals surface area contributed by atoms with Gasteiger partial charge in [-0.25, -0.2) is 0 Å². The number of aliphatic hydroxyl groups is 1. The number of benzene rings is 1. The molecule has 30 heavy (non-hydrogen) atoms. The third-order valence-corrected chi connectivity index (χ3v) is 5.36. The number of aryl methyl sites for hydroxylation is 1. The molecule has 156 valence electrons. The number of amides is 1. The molecular formula is C21H20N2O7. The van der Waals surface area contributed by atoms with Crippen LogP contribution in [-0.4, -0.2) is 45.9 Å². The number of nitro groups is 1. The van der Waals surface area contributed by atoms with E-state index in [0.29, 0.717) is 17.9 Å². The summed E-state index contributed by atoms with van der Waals surface area (Å²) in [6.45, 7) is 2.46. The van der Waals surface area contributed by atoms with Gasteiger partial charge in [-0.3, -0.25) is 19.7 Å². The molecule has 4 rings (SSSR count). The second-order valence-corrected chi connectivity index (χ2v) is 7.35. The highest BCUT2D eigenvalue weighted by atomic mass is 16.6. The van der Waals surface area contributed by atoms with Gasteiger partial charge in [-0.1, -0.05) is 0 Å². The van der Waals surface area contributed by atoms with E-state index in [1.165, 1.54) is 35.2 Å². The molecule has 2 unspecified atom stereocenters. The molecular weight excluding hydrogens is 392 g/mol. The average Bonchev–Trinajstić information content (AvgIpc) is 3.45. The lowest BCUT2D eigenvalue weighted by molar-refractivity contribution is -0.384. The first kappa shape index (κ1) is 19.8. The van der Waals surface area contributed by atoms with Gasteiger partial charge in [0.1, 0.15) is 5.76 Å². The van der Waals surface area contributed by atoms with Gasteiger partial charge in [-0.05, 0) is 49.6 Å². The summed E-state index contributed by atoms with van der Waals surface area (Å²) < 4.78 is 11.0. The molecule has 3 heterocycles. The second kappa shape index (κ2) is 7.75. The van der Waals surface area contributed by atoms with Gasteiger partial charge in [0, 0.05) is 25.3 Å². The highest BCUT2D eigenvalue weighted by Gasteiger charge is 2.45. The summed E-state index contributed by atoms with van der Waals surface area (Å²) in [5.41, 5.74) is 0.250. The van der Waals surface area contributed by atoms with Crippen molar-refractivity contribution in [2.24, 2.45) is 0 Å². The highest BCUT2D eigenvalue weighted by Crippen LogP contribution is 2.40. The standard InChI is InChI=1S/C21H20N2O7/c1-12-4-9-16(30-12)19(24)17-18(13-5-7-14(8-6-13)23(27)28)22(21(26)20(17)25)11-15-3-2-10-29-15/h4-9,15,18,25H,2-3,10-11H2,1H3. The molecule has 9 nitrogen and oxygen atoms in total. The van der Waals surface area contributed by atoms with Crippen LogP contribution in [0.3, 0.4) is 0 Å². The van der Waals surface area contributed by atoms with E-state index in [-0.39, 0.29) is 29.7 Å². The Hall–Kier alpha value is -3.46. The van der Waals surface area contributed by atoms with E-state index >= 15 is 0 Å². The number of hydrogen-bond donors (Lipinski definition) is 1. The lowest BCUT2D eigenvalue weighted by Crippen LogP contribution is -2.37. The maximum atomic E-state index is 13.1. The van der Waals surface area contributed by atoms with E-state index < -0.39 is 28.4 Å². The Bertz CT molecular complexity index is 1030. The van der Waals surface area contributed by atoms with E-state index in [2.05, 4.69) is 0 Å². The molecule has 0 saturated carbocycles. The van der Waals surface area contributed by atoms with Crippen molar-refractivity contribution in [1.82, 2.24) is 4.90 Å². The quantitative estimate of drug-likeness (QED) is 0.439. The molecule has 0 radical (unpaired) electrons. The largest absolute Gasteiger partial charge is 0.503 e. The Morgan fingerprint density at radius 2 is 2.00 bits per heavy atom. The predicted octanol–water partition coefficient (Wildman–Crippen LogP) is 3.25. The molecule has 0 aliphatic carbocycles. The van der Waals surface area contributed by atoms with Crippen LogP contribution in [0.15, 0.2) is 52.1 Å². The number of aliphatic hydroxyl groups excluding tert-OH is 1. The van der Waals surface area contributed by atoms with Gasteiger partial charge < -0.3 is 19.2 Å². The number of ketones is 1. The molecule has 2 aromatic rings. The van der Waals surface area contributed by atoms with Crippen molar-refractivity contribution in [1.29, 1.82) is 0 Å². The normalized spacial score (nSPS) is 21.5. The van der Waals surface area contributed by atoms with Crippen molar-refractivity contribution in [3.8, 4) is 0 Å². The van der Waals surface area contributed by atoms with Crippen molar-refractivity contribution in [2.75, 3.05) is 13.2 Å². The maximum absolute atomic E-state index is 13.1. The Balaban J connectivity index is 1.75. The summed E-state index contributed by atoms with van der Waals surface area (Å²) >= 11 is 0. The zero-order valence-corrected chi connectivity index (χ0v) is 16.2. The fraction of sp³-hybridized carbons (Fsp3) is 0.333. The van der Waals surface area contributed by atoms with Gasteiger partial charge in [-0.15, -0.1) is 0 Å². The van der Waals surface area contributed by atoms with Crippen LogP contribution >= 0.6 is 0 Å². The summed E-state index contributed by atoms with van der Waals surface area (Å²) in [5.74, 6) is -1.40. The monoisotopic (exact) mass is 412 g/mol. The summed E-state index contributed by atoms with van der Waals surface area (Å²) in [6, 6.07) is 7.78. The van der Waals surface area contributed by atoms with Crippen molar-refractivity contribution >= 4 is 17.4 Å². The summed E-state index contributed by atoms with van der Waals surface area (Å²) in [5, 5.41) is 21.6. The molecule has 9 heteroatoms.